The molecule has 2 aromatic heterocycles. The lowest BCUT2D eigenvalue weighted by Crippen LogP contribution is -2.38. The van der Waals surface area contributed by atoms with Crippen LogP contribution in [-0.4, -0.2) is 35.0 Å². The molecule has 6 nitrogen and oxygen atoms in total. The number of nitrogens with one attached hydrogen (secondary N) is 2. The van der Waals surface area contributed by atoms with E-state index in [0.29, 0.717) is 6.54 Å². The van der Waals surface area contributed by atoms with Crippen LogP contribution in [0.5, 0.6) is 5.75 Å². The number of pyridine rings is 1. The van der Waals surface area contributed by atoms with Gasteiger partial charge < -0.3 is 19.8 Å². The molecule has 2 heterocycles. The van der Waals surface area contributed by atoms with Gasteiger partial charge in [-0.1, -0.05) is 24.3 Å². The lowest BCUT2D eigenvalue weighted by Gasteiger charge is -2.12. The summed E-state index contributed by atoms with van der Waals surface area (Å²) in [5.41, 5.74) is 3.16. The van der Waals surface area contributed by atoms with Crippen LogP contribution in [0.25, 0.3) is 5.65 Å². The van der Waals surface area contributed by atoms with E-state index >= 15 is 0 Å². The molecule has 6 heteroatoms. The summed E-state index contributed by atoms with van der Waals surface area (Å²) in [7, 11) is 0. The molecule has 4 rings (SSSR count). The number of guanidine groups is 1. The zero-order valence-electron chi connectivity index (χ0n) is 17.0. The van der Waals surface area contributed by atoms with E-state index in [0.717, 1.165) is 60.6 Å². The molecule has 0 saturated heterocycles. The van der Waals surface area contributed by atoms with Crippen molar-refractivity contribution in [3.05, 3.63) is 66.1 Å². The predicted octanol–water partition coefficient (Wildman–Crippen LogP) is 3.42. The minimum absolute atomic E-state index is 0.588. The van der Waals surface area contributed by atoms with Gasteiger partial charge in [-0.05, 0) is 43.9 Å². The van der Waals surface area contributed by atoms with Crippen LogP contribution in [0.4, 0.5) is 0 Å². The highest BCUT2D eigenvalue weighted by Gasteiger charge is 2.22. The van der Waals surface area contributed by atoms with Gasteiger partial charge in [0.15, 0.2) is 5.96 Å². The van der Waals surface area contributed by atoms with Crippen LogP contribution in [0.15, 0.2) is 59.9 Å². The third kappa shape index (κ3) is 5.50. The molecular weight excluding hydrogens is 362 g/mol. The Morgan fingerprint density at radius 3 is 2.86 bits per heavy atom. The maximum atomic E-state index is 6.00. The maximum absolute atomic E-state index is 6.00. The summed E-state index contributed by atoms with van der Waals surface area (Å²) < 4.78 is 8.05. The standard InChI is InChI=1S/C23H29N5O/c1-2-24-23(25-13-12-20-16-28-14-6-5-9-22(28)27-20)26-15-19-7-3-4-8-21(19)29-17-18-10-11-18/h3-9,14,16,18H,2,10-13,15,17H2,1H3,(H2,24,25,26). The Morgan fingerprint density at radius 1 is 1.17 bits per heavy atom. The number of benzene rings is 1. The van der Waals surface area contributed by atoms with Crippen molar-refractivity contribution < 1.29 is 4.74 Å². The average molecular weight is 392 g/mol. The van der Waals surface area contributed by atoms with Crippen molar-refractivity contribution in [2.45, 2.75) is 32.7 Å². The molecular formula is C23H29N5O. The minimum Gasteiger partial charge on any atom is -0.493 e. The lowest BCUT2D eigenvalue weighted by atomic mass is 10.2. The van der Waals surface area contributed by atoms with Crippen molar-refractivity contribution in [3.63, 3.8) is 0 Å². The van der Waals surface area contributed by atoms with Gasteiger partial charge in [-0.3, -0.25) is 0 Å². The maximum Gasteiger partial charge on any atom is 0.191 e. The highest BCUT2D eigenvalue weighted by molar-refractivity contribution is 5.79. The molecule has 1 aliphatic rings. The normalized spacial score (nSPS) is 14.2. The van der Waals surface area contributed by atoms with Crippen molar-refractivity contribution in [1.29, 1.82) is 0 Å². The zero-order chi connectivity index (χ0) is 19.9. The van der Waals surface area contributed by atoms with Crippen LogP contribution in [-0.2, 0) is 13.0 Å². The van der Waals surface area contributed by atoms with Crippen LogP contribution in [0.2, 0.25) is 0 Å². The van der Waals surface area contributed by atoms with Gasteiger partial charge >= 0.3 is 0 Å². The monoisotopic (exact) mass is 391 g/mol. The molecule has 0 bridgehead atoms. The predicted molar refractivity (Wildman–Crippen MR) is 116 cm³/mol. The van der Waals surface area contributed by atoms with E-state index in [1.165, 1.54) is 12.8 Å². The summed E-state index contributed by atoms with van der Waals surface area (Å²) in [5.74, 6) is 2.50. The van der Waals surface area contributed by atoms with Gasteiger partial charge in [0.2, 0.25) is 0 Å². The molecule has 152 valence electrons. The zero-order valence-corrected chi connectivity index (χ0v) is 17.0. The molecule has 29 heavy (non-hydrogen) atoms. The summed E-state index contributed by atoms with van der Waals surface area (Å²) in [6.07, 6.45) is 7.53. The third-order valence-electron chi connectivity index (χ3n) is 4.98. The van der Waals surface area contributed by atoms with Gasteiger partial charge in [-0.15, -0.1) is 0 Å². The Balaban J connectivity index is 1.33. The summed E-state index contributed by atoms with van der Waals surface area (Å²) in [5, 5.41) is 6.73. The summed E-state index contributed by atoms with van der Waals surface area (Å²) >= 11 is 0. The van der Waals surface area contributed by atoms with Crippen molar-refractivity contribution in [3.8, 4) is 5.75 Å². The van der Waals surface area contributed by atoms with E-state index in [2.05, 4.69) is 34.8 Å². The first kappa shape index (κ1) is 19.3. The second-order valence-electron chi connectivity index (χ2n) is 7.43. The van der Waals surface area contributed by atoms with Gasteiger partial charge in [0.1, 0.15) is 11.4 Å². The van der Waals surface area contributed by atoms with E-state index < -0.39 is 0 Å². The summed E-state index contributed by atoms with van der Waals surface area (Å²) in [6.45, 7) is 5.07. The SMILES string of the molecule is CCNC(=NCc1ccccc1OCC1CC1)NCCc1cn2ccccc2n1. The van der Waals surface area contributed by atoms with E-state index in [1.807, 2.05) is 47.0 Å². The minimum atomic E-state index is 0.588. The third-order valence-corrected chi connectivity index (χ3v) is 4.98. The Bertz CT molecular complexity index is 928. The Kier molecular flexibility index (Phi) is 6.29. The number of para-hydroxylation sites is 1. The molecule has 3 aromatic rings. The molecule has 0 spiro atoms. The molecule has 1 fully saturated rings. The molecule has 1 saturated carbocycles. The molecule has 2 N–H and O–H groups in total. The number of nitrogens with zero attached hydrogens (tertiary/aromatic N) is 3. The van der Waals surface area contributed by atoms with Crippen molar-refractivity contribution in [2.24, 2.45) is 10.9 Å². The molecule has 0 unspecified atom stereocenters. The van der Waals surface area contributed by atoms with Gasteiger partial charge in [-0.2, -0.15) is 0 Å². The number of ether oxygens (including phenoxy) is 1. The molecule has 0 radical (unpaired) electrons. The molecule has 1 aliphatic carbocycles. The number of aliphatic imine (C=N–C) groups is 1. The quantitative estimate of drug-likeness (QED) is 0.433. The fourth-order valence-electron chi connectivity index (χ4n) is 3.19. The molecule has 0 amide bonds. The fraction of sp³-hybridized carbons (Fsp3) is 0.391. The highest BCUT2D eigenvalue weighted by Crippen LogP contribution is 2.30. The Morgan fingerprint density at radius 2 is 2.03 bits per heavy atom. The average Bonchev–Trinajstić information content (AvgIpc) is 3.48. The number of aromatic nitrogens is 2. The summed E-state index contributed by atoms with van der Waals surface area (Å²) in [6, 6.07) is 14.2. The number of imidazole rings is 1. The largest absolute Gasteiger partial charge is 0.493 e. The van der Waals surface area contributed by atoms with E-state index in [-0.39, 0.29) is 0 Å². The topological polar surface area (TPSA) is 63.0 Å². The van der Waals surface area contributed by atoms with Gasteiger partial charge in [-0.25, -0.2) is 9.98 Å². The van der Waals surface area contributed by atoms with Crippen LogP contribution >= 0.6 is 0 Å². The van der Waals surface area contributed by atoms with Crippen LogP contribution in [0.3, 0.4) is 0 Å². The molecule has 0 atom stereocenters. The van der Waals surface area contributed by atoms with Gasteiger partial charge in [0.25, 0.3) is 0 Å². The lowest BCUT2D eigenvalue weighted by molar-refractivity contribution is 0.297. The van der Waals surface area contributed by atoms with Crippen LogP contribution < -0.4 is 15.4 Å². The van der Waals surface area contributed by atoms with Crippen molar-refractivity contribution >= 4 is 11.6 Å². The van der Waals surface area contributed by atoms with E-state index in [1.54, 1.807) is 0 Å². The van der Waals surface area contributed by atoms with Gasteiger partial charge in [0.05, 0.1) is 18.8 Å². The molecule has 0 aliphatic heterocycles. The highest BCUT2D eigenvalue weighted by atomic mass is 16.5. The van der Waals surface area contributed by atoms with Crippen molar-refractivity contribution in [2.75, 3.05) is 19.7 Å². The Labute approximate surface area is 172 Å². The summed E-state index contributed by atoms with van der Waals surface area (Å²) in [4.78, 5) is 9.40. The number of hydrogen-bond acceptors (Lipinski definition) is 3. The molecule has 1 aromatic carbocycles. The van der Waals surface area contributed by atoms with Gasteiger partial charge in [0, 0.05) is 37.5 Å². The second kappa shape index (κ2) is 9.45. The smallest absolute Gasteiger partial charge is 0.191 e. The van der Waals surface area contributed by atoms with Crippen molar-refractivity contribution in [1.82, 2.24) is 20.0 Å². The number of fused-ring (bicyclic) bond motifs is 1. The number of hydrogen-bond donors (Lipinski definition) is 2. The van der Waals surface area contributed by atoms with Crippen LogP contribution in [0, 0.1) is 5.92 Å². The van der Waals surface area contributed by atoms with Crippen LogP contribution in [0.1, 0.15) is 31.0 Å². The van der Waals surface area contributed by atoms with E-state index in [9.17, 15) is 0 Å². The first-order valence-corrected chi connectivity index (χ1v) is 10.5. The first-order valence-electron chi connectivity index (χ1n) is 10.5. The Hall–Kier alpha value is -3.02. The fourth-order valence-corrected chi connectivity index (χ4v) is 3.19. The number of rotatable bonds is 9. The van der Waals surface area contributed by atoms with E-state index in [4.69, 9.17) is 9.73 Å². The second-order valence-corrected chi connectivity index (χ2v) is 7.43. The first-order chi connectivity index (χ1) is 14.3.